The van der Waals surface area contributed by atoms with Gasteiger partial charge >= 0.3 is 6.18 Å². The quantitative estimate of drug-likeness (QED) is 0.293. The van der Waals surface area contributed by atoms with Gasteiger partial charge in [-0.1, -0.05) is 5.16 Å². The number of hydrogen-bond donors (Lipinski definition) is 3. The van der Waals surface area contributed by atoms with E-state index in [4.69, 9.17) is 10.9 Å². The van der Waals surface area contributed by atoms with Crippen LogP contribution in [0, 0.1) is 5.92 Å². The zero-order valence-electron chi connectivity index (χ0n) is 9.41. The second-order valence-corrected chi connectivity index (χ2v) is 5.01. The van der Waals surface area contributed by atoms with Crippen molar-refractivity contribution in [2.45, 2.75) is 25.1 Å². The molecule has 0 heterocycles. The summed E-state index contributed by atoms with van der Waals surface area (Å²) in [6.07, 6.45) is -2.74. The number of carbonyl (C=O) groups excluding carboxylic acids is 1. The lowest BCUT2D eigenvalue weighted by Crippen LogP contribution is -2.38. The molecule has 9 heteroatoms. The summed E-state index contributed by atoms with van der Waals surface area (Å²) in [6.45, 7) is 0. The van der Waals surface area contributed by atoms with E-state index in [1.165, 1.54) is 0 Å². The van der Waals surface area contributed by atoms with E-state index in [1.807, 2.05) is 0 Å². The molecule has 1 aliphatic carbocycles. The zero-order chi connectivity index (χ0) is 13.8. The van der Waals surface area contributed by atoms with Gasteiger partial charge in [-0.05, 0) is 12.8 Å². The predicted octanol–water partition coefficient (Wildman–Crippen LogP) is 0.923. The molecule has 0 spiro atoms. The normalized spacial score (nSPS) is 18.5. The van der Waals surface area contributed by atoms with Crippen molar-refractivity contribution in [1.82, 2.24) is 5.32 Å². The summed E-state index contributed by atoms with van der Waals surface area (Å²) >= 11 is 0.806. The fourth-order valence-electron chi connectivity index (χ4n) is 1.18. The van der Waals surface area contributed by atoms with Crippen LogP contribution in [0.15, 0.2) is 5.16 Å². The summed E-state index contributed by atoms with van der Waals surface area (Å²) in [7, 11) is 0. The number of hydrogen-bond acceptors (Lipinski definition) is 4. The average Bonchev–Trinajstić information content (AvgIpc) is 3.05. The SMILES string of the molecule is NC(=NO)C(CSCC(=O)NC1CC1)C(F)(F)F. The van der Waals surface area contributed by atoms with Gasteiger partial charge < -0.3 is 16.3 Å². The number of alkyl halides is 3. The van der Waals surface area contributed by atoms with E-state index in [-0.39, 0.29) is 17.7 Å². The van der Waals surface area contributed by atoms with Crippen LogP contribution in [-0.4, -0.2) is 40.7 Å². The third kappa shape index (κ3) is 5.03. The molecule has 18 heavy (non-hydrogen) atoms. The van der Waals surface area contributed by atoms with E-state index in [0.717, 1.165) is 24.6 Å². The molecule has 1 atom stereocenters. The number of oxime groups is 1. The molecule has 0 aromatic rings. The number of halogens is 3. The van der Waals surface area contributed by atoms with Gasteiger partial charge in [-0.3, -0.25) is 4.79 Å². The maximum absolute atomic E-state index is 12.5. The van der Waals surface area contributed by atoms with Crippen LogP contribution in [0.1, 0.15) is 12.8 Å². The fourth-order valence-corrected chi connectivity index (χ4v) is 2.17. The molecule has 104 valence electrons. The Morgan fingerprint density at radius 1 is 1.56 bits per heavy atom. The van der Waals surface area contributed by atoms with Crippen LogP contribution < -0.4 is 11.1 Å². The van der Waals surface area contributed by atoms with E-state index in [2.05, 4.69) is 10.5 Å². The van der Waals surface area contributed by atoms with Crippen LogP contribution in [0.2, 0.25) is 0 Å². The molecule has 0 aliphatic heterocycles. The molecule has 0 saturated heterocycles. The molecule has 0 radical (unpaired) electrons. The van der Waals surface area contributed by atoms with Crippen molar-refractivity contribution in [3.05, 3.63) is 0 Å². The highest BCUT2D eigenvalue weighted by molar-refractivity contribution is 7.99. The summed E-state index contributed by atoms with van der Waals surface area (Å²) in [6, 6.07) is 0.181. The van der Waals surface area contributed by atoms with Crippen LogP contribution >= 0.6 is 11.8 Å². The molecule has 0 aromatic heterocycles. The van der Waals surface area contributed by atoms with Crippen molar-refractivity contribution in [1.29, 1.82) is 0 Å². The number of carbonyl (C=O) groups is 1. The Labute approximate surface area is 106 Å². The van der Waals surface area contributed by atoms with Crippen molar-refractivity contribution in [2.75, 3.05) is 11.5 Å². The van der Waals surface area contributed by atoms with E-state index >= 15 is 0 Å². The highest BCUT2D eigenvalue weighted by Crippen LogP contribution is 2.29. The molecule has 1 amide bonds. The van der Waals surface area contributed by atoms with Crippen LogP contribution in [0.3, 0.4) is 0 Å². The Bertz CT molecular complexity index is 332. The molecule has 1 rings (SSSR count). The second-order valence-electron chi connectivity index (χ2n) is 3.98. The Morgan fingerprint density at radius 3 is 2.61 bits per heavy atom. The van der Waals surface area contributed by atoms with Crippen molar-refractivity contribution in [2.24, 2.45) is 16.8 Å². The first-order valence-corrected chi connectivity index (χ1v) is 6.41. The Balaban J connectivity index is 2.35. The first-order chi connectivity index (χ1) is 8.34. The highest BCUT2D eigenvalue weighted by atomic mass is 32.2. The summed E-state index contributed by atoms with van der Waals surface area (Å²) in [5.74, 6) is -3.74. The largest absolute Gasteiger partial charge is 0.409 e. The first-order valence-electron chi connectivity index (χ1n) is 5.26. The van der Waals surface area contributed by atoms with Crippen molar-refractivity contribution < 1.29 is 23.2 Å². The van der Waals surface area contributed by atoms with Gasteiger partial charge in [-0.15, -0.1) is 0 Å². The lowest BCUT2D eigenvalue weighted by Gasteiger charge is -2.18. The Morgan fingerprint density at radius 2 is 2.17 bits per heavy atom. The summed E-state index contributed by atoms with van der Waals surface area (Å²) in [5, 5.41) is 13.3. The maximum Gasteiger partial charge on any atom is 0.399 e. The number of rotatable bonds is 6. The minimum Gasteiger partial charge on any atom is -0.409 e. The van der Waals surface area contributed by atoms with Crippen LogP contribution in [-0.2, 0) is 4.79 Å². The molecule has 1 saturated carbocycles. The number of amidine groups is 1. The number of thioether (sulfide) groups is 1. The molecule has 5 nitrogen and oxygen atoms in total. The molecular formula is C9H14F3N3O2S. The van der Waals surface area contributed by atoms with Gasteiger partial charge in [0.15, 0.2) is 5.84 Å². The Kier molecular flexibility index (Phi) is 5.12. The molecule has 1 unspecified atom stereocenters. The zero-order valence-corrected chi connectivity index (χ0v) is 10.2. The molecule has 0 aromatic carbocycles. The van der Waals surface area contributed by atoms with Gasteiger partial charge in [0.05, 0.1) is 5.75 Å². The van der Waals surface area contributed by atoms with E-state index in [1.54, 1.807) is 0 Å². The number of nitrogens with one attached hydrogen (secondary N) is 1. The fraction of sp³-hybridized carbons (Fsp3) is 0.778. The van der Waals surface area contributed by atoms with Crippen LogP contribution in [0.5, 0.6) is 0 Å². The van der Waals surface area contributed by atoms with Gasteiger partial charge in [0.1, 0.15) is 5.92 Å². The first kappa shape index (κ1) is 14.9. The van der Waals surface area contributed by atoms with Gasteiger partial charge in [0.25, 0.3) is 0 Å². The standard InChI is InChI=1S/C9H14F3N3O2S/c10-9(11,12)6(8(13)15-17)3-18-4-7(16)14-5-1-2-5/h5-6,17H,1-4H2,(H2,13,15)(H,14,16). The lowest BCUT2D eigenvalue weighted by atomic mass is 10.1. The number of amides is 1. The Hall–Kier alpha value is -1.12. The molecule has 1 fully saturated rings. The van der Waals surface area contributed by atoms with Crippen LogP contribution in [0.25, 0.3) is 0 Å². The minimum atomic E-state index is -4.59. The van der Waals surface area contributed by atoms with E-state index in [0.29, 0.717) is 0 Å². The molecule has 0 bridgehead atoms. The van der Waals surface area contributed by atoms with Gasteiger partial charge in [0.2, 0.25) is 5.91 Å². The average molecular weight is 285 g/mol. The summed E-state index contributed by atoms with van der Waals surface area (Å²) in [5.41, 5.74) is 4.98. The van der Waals surface area contributed by atoms with Crippen molar-refractivity contribution in [3.63, 3.8) is 0 Å². The lowest BCUT2D eigenvalue weighted by molar-refractivity contribution is -0.150. The molecular weight excluding hydrogens is 271 g/mol. The van der Waals surface area contributed by atoms with Crippen LogP contribution in [0.4, 0.5) is 13.2 Å². The van der Waals surface area contributed by atoms with E-state index in [9.17, 15) is 18.0 Å². The van der Waals surface area contributed by atoms with Crippen molar-refractivity contribution in [3.8, 4) is 0 Å². The molecule has 1 aliphatic rings. The molecule has 4 N–H and O–H groups in total. The van der Waals surface area contributed by atoms with Gasteiger partial charge in [-0.2, -0.15) is 24.9 Å². The van der Waals surface area contributed by atoms with Gasteiger partial charge in [-0.25, -0.2) is 0 Å². The number of nitrogens with two attached hydrogens (primary N) is 1. The maximum atomic E-state index is 12.5. The highest BCUT2D eigenvalue weighted by Gasteiger charge is 2.42. The summed E-state index contributed by atoms with van der Waals surface area (Å²) in [4.78, 5) is 11.2. The van der Waals surface area contributed by atoms with Crippen molar-refractivity contribution >= 4 is 23.5 Å². The second kappa shape index (κ2) is 6.17. The smallest absolute Gasteiger partial charge is 0.399 e. The third-order valence-corrected chi connectivity index (χ3v) is 3.36. The third-order valence-electron chi connectivity index (χ3n) is 2.33. The monoisotopic (exact) mass is 285 g/mol. The predicted molar refractivity (Wildman–Crippen MR) is 61.4 cm³/mol. The van der Waals surface area contributed by atoms with E-state index < -0.39 is 23.7 Å². The topological polar surface area (TPSA) is 87.7 Å². The number of nitrogens with zero attached hydrogens (tertiary/aromatic N) is 1. The van der Waals surface area contributed by atoms with Gasteiger partial charge in [0, 0.05) is 11.8 Å². The summed E-state index contributed by atoms with van der Waals surface area (Å²) < 4.78 is 37.5. The minimum absolute atomic E-state index is 0.0677.